The second-order valence-corrected chi connectivity index (χ2v) is 7.21. The molecule has 1 fully saturated rings. The van der Waals surface area contributed by atoms with Crippen LogP contribution in [0.25, 0.3) is 11.1 Å². The van der Waals surface area contributed by atoms with E-state index >= 15 is 0 Å². The van der Waals surface area contributed by atoms with Gasteiger partial charge in [-0.25, -0.2) is 0 Å². The van der Waals surface area contributed by atoms with E-state index in [1.807, 2.05) is 18.2 Å². The average molecular weight is 400 g/mol. The zero-order valence-electron chi connectivity index (χ0n) is 14.9. The number of amides is 3. The monoisotopic (exact) mass is 399 g/mol. The Morgan fingerprint density at radius 3 is 2.54 bits per heavy atom. The maximum Gasteiger partial charge on any atom is 0.256 e. The Bertz CT molecular complexity index is 960. The van der Waals surface area contributed by atoms with E-state index < -0.39 is 18.6 Å². The van der Waals surface area contributed by atoms with E-state index in [9.17, 15) is 14.4 Å². The summed E-state index contributed by atoms with van der Waals surface area (Å²) in [7, 11) is 0. The van der Waals surface area contributed by atoms with Gasteiger partial charge in [0.15, 0.2) is 0 Å². The molecule has 2 N–H and O–H groups in total. The second kappa shape index (κ2) is 7.26. The predicted molar refractivity (Wildman–Crippen MR) is 104 cm³/mol. The van der Waals surface area contributed by atoms with Gasteiger partial charge in [-0.3, -0.25) is 14.4 Å². The minimum atomic E-state index is -0.789. The van der Waals surface area contributed by atoms with Crippen molar-refractivity contribution >= 4 is 35.0 Å². The van der Waals surface area contributed by atoms with Gasteiger partial charge in [-0.1, -0.05) is 29.8 Å². The fraction of sp³-hybridized carbons (Fsp3) is 0.250. The maximum absolute atomic E-state index is 13.2. The van der Waals surface area contributed by atoms with Crippen LogP contribution in [0.1, 0.15) is 10.4 Å². The summed E-state index contributed by atoms with van der Waals surface area (Å²) in [5.74, 6) is -1.06. The van der Waals surface area contributed by atoms with Crippen molar-refractivity contribution in [1.29, 1.82) is 0 Å². The number of fused-ring (bicyclic) bond motifs is 2. The van der Waals surface area contributed by atoms with Crippen molar-refractivity contribution in [3.05, 3.63) is 53.1 Å². The number of carbonyl (C=O) groups excluding carboxylic acids is 3. The molecule has 1 saturated heterocycles. The second-order valence-electron chi connectivity index (χ2n) is 6.77. The number of nitrogens with one attached hydrogen (secondary N) is 1. The topological polar surface area (TPSA) is 90.0 Å². The zero-order valence-corrected chi connectivity index (χ0v) is 15.6. The summed E-state index contributed by atoms with van der Waals surface area (Å²) in [5, 5.41) is 12.5. The van der Waals surface area contributed by atoms with E-state index in [0.717, 1.165) is 11.1 Å². The van der Waals surface area contributed by atoms with Gasteiger partial charge in [0.25, 0.3) is 5.91 Å². The summed E-state index contributed by atoms with van der Waals surface area (Å²) in [4.78, 5) is 40.5. The zero-order chi connectivity index (χ0) is 19.8. The van der Waals surface area contributed by atoms with Crippen molar-refractivity contribution in [3.63, 3.8) is 0 Å². The van der Waals surface area contributed by atoms with Crippen LogP contribution in [-0.2, 0) is 9.59 Å². The summed E-state index contributed by atoms with van der Waals surface area (Å²) >= 11 is 5.94. The lowest BCUT2D eigenvalue weighted by atomic mass is 10.0. The summed E-state index contributed by atoms with van der Waals surface area (Å²) < 4.78 is 0. The molecule has 0 radical (unpaired) electrons. The standard InChI is InChI=1S/C20H18ClN3O4/c21-14-4-1-12(2-5-14)13-3-6-16-15(9-13)20(28)24-8-7-23(18(26)11-25)10-17(24)19(27)22-16/h1-6,9,17,25H,7-8,10-11H2,(H,22,27)/t17-/m1/s1. The van der Waals surface area contributed by atoms with Crippen LogP contribution in [0.4, 0.5) is 5.69 Å². The smallest absolute Gasteiger partial charge is 0.256 e. The summed E-state index contributed by atoms with van der Waals surface area (Å²) in [6.07, 6.45) is 0. The highest BCUT2D eigenvalue weighted by molar-refractivity contribution is 6.30. The first kappa shape index (κ1) is 18.5. The Hall–Kier alpha value is -2.90. The maximum atomic E-state index is 13.2. The number of aliphatic hydroxyl groups is 1. The number of carbonyl (C=O) groups is 3. The van der Waals surface area contributed by atoms with Gasteiger partial charge in [0, 0.05) is 18.1 Å². The van der Waals surface area contributed by atoms with Gasteiger partial charge in [0.05, 0.1) is 17.8 Å². The van der Waals surface area contributed by atoms with Gasteiger partial charge < -0.3 is 20.2 Å². The van der Waals surface area contributed by atoms with E-state index in [1.54, 1.807) is 24.3 Å². The first-order valence-corrected chi connectivity index (χ1v) is 9.26. The van der Waals surface area contributed by atoms with Crippen LogP contribution in [0.5, 0.6) is 0 Å². The third-order valence-corrected chi connectivity index (χ3v) is 5.37. The number of hydrogen-bond acceptors (Lipinski definition) is 4. The summed E-state index contributed by atoms with van der Waals surface area (Å²) in [6.45, 7) is -0.0453. The van der Waals surface area contributed by atoms with E-state index in [0.29, 0.717) is 16.3 Å². The highest BCUT2D eigenvalue weighted by atomic mass is 35.5. The van der Waals surface area contributed by atoms with Gasteiger partial charge in [-0.05, 0) is 35.4 Å². The largest absolute Gasteiger partial charge is 0.387 e. The molecule has 0 aromatic heterocycles. The van der Waals surface area contributed by atoms with E-state index in [1.165, 1.54) is 9.80 Å². The molecule has 4 rings (SSSR count). The molecular weight excluding hydrogens is 382 g/mol. The Kier molecular flexibility index (Phi) is 4.78. The number of benzene rings is 2. The first-order valence-electron chi connectivity index (χ1n) is 8.88. The molecule has 28 heavy (non-hydrogen) atoms. The van der Waals surface area contributed by atoms with Crippen LogP contribution in [0.15, 0.2) is 42.5 Å². The van der Waals surface area contributed by atoms with E-state index in [2.05, 4.69) is 5.32 Å². The van der Waals surface area contributed by atoms with Crippen molar-refractivity contribution in [1.82, 2.24) is 9.80 Å². The molecule has 0 spiro atoms. The Labute approximate surface area is 166 Å². The highest BCUT2D eigenvalue weighted by Crippen LogP contribution is 2.30. The Balaban J connectivity index is 1.68. The average Bonchev–Trinajstić information content (AvgIpc) is 2.82. The number of anilines is 1. The molecule has 8 heteroatoms. The molecular formula is C20H18ClN3O4. The molecule has 0 saturated carbocycles. The predicted octanol–water partition coefficient (Wildman–Crippen LogP) is 1.60. The number of halogens is 1. The Morgan fingerprint density at radius 1 is 1.11 bits per heavy atom. The van der Waals surface area contributed by atoms with Crippen molar-refractivity contribution in [2.75, 3.05) is 31.6 Å². The van der Waals surface area contributed by atoms with Crippen LogP contribution in [-0.4, -0.2) is 64.9 Å². The van der Waals surface area contributed by atoms with Crippen molar-refractivity contribution < 1.29 is 19.5 Å². The molecule has 2 aromatic rings. The van der Waals surface area contributed by atoms with Gasteiger partial charge >= 0.3 is 0 Å². The molecule has 2 aliphatic heterocycles. The van der Waals surface area contributed by atoms with Gasteiger partial charge in [-0.2, -0.15) is 0 Å². The highest BCUT2D eigenvalue weighted by Gasteiger charge is 2.40. The number of aliphatic hydroxyl groups excluding tert-OH is 1. The normalized spacial score (nSPS) is 18.9. The van der Waals surface area contributed by atoms with Gasteiger partial charge in [0.2, 0.25) is 11.8 Å². The van der Waals surface area contributed by atoms with Crippen LogP contribution >= 0.6 is 11.6 Å². The quantitative estimate of drug-likeness (QED) is 0.802. The number of hydrogen-bond donors (Lipinski definition) is 2. The molecule has 0 aliphatic carbocycles. The minimum absolute atomic E-state index is 0.0645. The van der Waals surface area contributed by atoms with Crippen LogP contribution in [0.3, 0.4) is 0 Å². The van der Waals surface area contributed by atoms with Crippen LogP contribution < -0.4 is 5.32 Å². The lowest BCUT2D eigenvalue weighted by molar-refractivity contribution is -0.138. The van der Waals surface area contributed by atoms with Crippen molar-refractivity contribution in [3.8, 4) is 11.1 Å². The molecule has 2 heterocycles. The molecule has 1 atom stereocenters. The molecule has 7 nitrogen and oxygen atoms in total. The lowest BCUT2D eigenvalue weighted by Gasteiger charge is -2.39. The van der Waals surface area contributed by atoms with Crippen molar-refractivity contribution in [2.45, 2.75) is 6.04 Å². The molecule has 144 valence electrons. The van der Waals surface area contributed by atoms with Crippen LogP contribution in [0, 0.1) is 0 Å². The fourth-order valence-corrected chi connectivity index (χ4v) is 3.73. The van der Waals surface area contributed by atoms with E-state index in [4.69, 9.17) is 16.7 Å². The van der Waals surface area contributed by atoms with E-state index in [-0.39, 0.29) is 31.4 Å². The number of nitrogens with zero attached hydrogens (tertiary/aromatic N) is 2. The summed E-state index contributed by atoms with van der Waals surface area (Å²) in [6, 6.07) is 11.8. The van der Waals surface area contributed by atoms with Crippen LogP contribution in [0.2, 0.25) is 5.02 Å². The fourth-order valence-electron chi connectivity index (χ4n) is 3.60. The molecule has 3 amide bonds. The lowest BCUT2D eigenvalue weighted by Crippen LogP contribution is -2.59. The SMILES string of the molecule is O=C1Nc2ccc(-c3ccc(Cl)cc3)cc2C(=O)N2CCN(C(=O)CO)C[C@H]12. The molecule has 2 aromatic carbocycles. The van der Waals surface area contributed by atoms with Gasteiger partial charge in [-0.15, -0.1) is 0 Å². The Morgan fingerprint density at radius 2 is 1.82 bits per heavy atom. The summed E-state index contributed by atoms with van der Waals surface area (Å²) in [5.41, 5.74) is 2.60. The number of rotatable bonds is 2. The van der Waals surface area contributed by atoms with Gasteiger partial charge in [0.1, 0.15) is 12.6 Å². The third kappa shape index (κ3) is 3.23. The minimum Gasteiger partial charge on any atom is -0.387 e. The third-order valence-electron chi connectivity index (χ3n) is 5.12. The van der Waals surface area contributed by atoms with Crippen molar-refractivity contribution in [2.24, 2.45) is 0 Å². The molecule has 0 bridgehead atoms. The molecule has 2 aliphatic rings. The molecule has 0 unspecified atom stereocenters. The first-order chi connectivity index (χ1) is 13.5. The number of piperazine rings is 1.